The van der Waals surface area contributed by atoms with Gasteiger partial charge >= 0.3 is 5.97 Å². The normalized spacial score (nSPS) is 20.4. The number of hydrogen-bond donors (Lipinski definition) is 1. The van der Waals surface area contributed by atoms with E-state index in [1.54, 1.807) is 12.1 Å². The predicted molar refractivity (Wildman–Crippen MR) is 68.4 cm³/mol. The lowest BCUT2D eigenvalue weighted by Gasteiger charge is -2.33. The molecule has 1 aromatic rings. The minimum Gasteiger partial charge on any atom is -0.481 e. The van der Waals surface area contributed by atoms with E-state index in [0.29, 0.717) is 13.0 Å². The first-order valence-electron chi connectivity index (χ1n) is 6.46. The average molecular weight is 267 g/mol. The highest BCUT2D eigenvalue weighted by Gasteiger charge is 2.21. The molecule has 2 rings (SSSR count). The van der Waals surface area contributed by atoms with Crippen LogP contribution in [0.2, 0.25) is 0 Å². The van der Waals surface area contributed by atoms with Crippen LogP contribution in [0, 0.1) is 5.82 Å². The SMILES string of the molecule is O=C(O)CCCN1CCO[C@@H](c2ccc(F)cc2)C1. The second-order valence-corrected chi connectivity index (χ2v) is 4.71. The highest BCUT2D eigenvalue weighted by atomic mass is 19.1. The number of ether oxygens (including phenoxy) is 1. The smallest absolute Gasteiger partial charge is 0.303 e. The van der Waals surface area contributed by atoms with Crippen molar-refractivity contribution in [2.75, 3.05) is 26.2 Å². The summed E-state index contributed by atoms with van der Waals surface area (Å²) in [6, 6.07) is 6.34. The molecule has 1 aromatic carbocycles. The fourth-order valence-electron chi connectivity index (χ4n) is 2.24. The molecule has 0 unspecified atom stereocenters. The van der Waals surface area contributed by atoms with Crippen LogP contribution in [0.1, 0.15) is 24.5 Å². The second kappa shape index (κ2) is 6.63. The Morgan fingerprint density at radius 1 is 1.42 bits per heavy atom. The van der Waals surface area contributed by atoms with Crippen LogP contribution in [0.3, 0.4) is 0 Å². The van der Waals surface area contributed by atoms with Gasteiger partial charge in [0, 0.05) is 19.5 Å². The molecule has 1 saturated heterocycles. The average Bonchev–Trinajstić information content (AvgIpc) is 2.39. The molecule has 0 radical (unpaired) electrons. The molecule has 0 amide bonds. The van der Waals surface area contributed by atoms with Gasteiger partial charge in [-0.1, -0.05) is 12.1 Å². The Labute approximate surface area is 111 Å². The van der Waals surface area contributed by atoms with E-state index in [1.165, 1.54) is 12.1 Å². The van der Waals surface area contributed by atoms with Gasteiger partial charge in [0.1, 0.15) is 5.82 Å². The number of halogens is 1. The Kier molecular flexibility index (Phi) is 4.87. The van der Waals surface area contributed by atoms with Gasteiger partial charge < -0.3 is 9.84 Å². The van der Waals surface area contributed by atoms with E-state index in [4.69, 9.17) is 9.84 Å². The molecular formula is C14H18FNO3. The monoisotopic (exact) mass is 267 g/mol. The molecule has 1 aliphatic rings. The van der Waals surface area contributed by atoms with E-state index in [9.17, 15) is 9.18 Å². The summed E-state index contributed by atoms with van der Waals surface area (Å²) >= 11 is 0. The van der Waals surface area contributed by atoms with Crippen molar-refractivity contribution in [3.8, 4) is 0 Å². The molecule has 1 N–H and O–H groups in total. The van der Waals surface area contributed by atoms with Crippen LogP contribution in [0.5, 0.6) is 0 Å². The van der Waals surface area contributed by atoms with Crippen LogP contribution < -0.4 is 0 Å². The zero-order valence-electron chi connectivity index (χ0n) is 10.7. The summed E-state index contributed by atoms with van der Waals surface area (Å²) in [7, 11) is 0. The minimum absolute atomic E-state index is 0.0563. The second-order valence-electron chi connectivity index (χ2n) is 4.71. The standard InChI is InChI=1S/C14H18FNO3/c15-12-5-3-11(4-6-12)13-10-16(8-9-19-13)7-1-2-14(17)18/h3-6,13H,1-2,7-10H2,(H,17,18)/t13-/m1/s1. The summed E-state index contributed by atoms with van der Waals surface area (Å²) in [6.45, 7) is 2.92. The lowest BCUT2D eigenvalue weighted by atomic mass is 10.1. The van der Waals surface area contributed by atoms with E-state index in [-0.39, 0.29) is 18.3 Å². The maximum absolute atomic E-state index is 12.9. The van der Waals surface area contributed by atoms with Crippen LogP contribution >= 0.6 is 0 Å². The fraction of sp³-hybridized carbons (Fsp3) is 0.500. The number of carboxylic acid groups (broad SMARTS) is 1. The number of aliphatic carboxylic acids is 1. The van der Waals surface area contributed by atoms with Gasteiger partial charge in [0.05, 0.1) is 12.7 Å². The van der Waals surface area contributed by atoms with Gasteiger partial charge in [-0.15, -0.1) is 0 Å². The molecular weight excluding hydrogens is 249 g/mol. The van der Waals surface area contributed by atoms with Gasteiger partial charge in [0.2, 0.25) is 0 Å². The van der Waals surface area contributed by atoms with E-state index in [1.807, 2.05) is 0 Å². The molecule has 1 aliphatic heterocycles. The van der Waals surface area contributed by atoms with Gasteiger partial charge in [-0.3, -0.25) is 9.69 Å². The van der Waals surface area contributed by atoms with E-state index >= 15 is 0 Å². The van der Waals surface area contributed by atoms with Crippen molar-refractivity contribution in [3.05, 3.63) is 35.6 Å². The van der Waals surface area contributed by atoms with Gasteiger partial charge in [0.15, 0.2) is 0 Å². The van der Waals surface area contributed by atoms with Crippen molar-refractivity contribution in [3.63, 3.8) is 0 Å². The molecule has 0 aliphatic carbocycles. The summed E-state index contributed by atoms with van der Waals surface area (Å²) in [6.07, 6.45) is 0.781. The first kappa shape index (κ1) is 14.0. The Hall–Kier alpha value is -1.46. The third kappa shape index (κ3) is 4.29. The molecule has 19 heavy (non-hydrogen) atoms. The number of rotatable bonds is 5. The molecule has 0 spiro atoms. The molecule has 0 saturated carbocycles. The van der Waals surface area contributed by atoms with Gasteiger partial charge in [-0.05, 0) is 30.7 Å². The number of morpholine rings is 1. The Morgan fingerprint density at radius 2 is 2.16 bits per heavy atom. The summed E-state index contributed by atoms with van der Waals surface area (Å²) in [5.74, 6) is -1.01. The minimum atomic E-state index is -0.761. The van der Waals surface area contributed by atoms with Crippen LogP contribution in [0.15, 0.2) is 24.3 Å². The quantitative estimate of drug-likeness (QED) is 0.887. The Balaban J connectivity index is 1.86. The predicted octanol–water partition coefficient (Wildman–Crippen LogP) is 2.06. The van der Waals surface area contributed by atoms with E-state index in [0.717, 1.165) is 25.2 Å². The zero-order chi connectivity index (χ0) is 13.7. The van der Waals surface area contributed by atoms with Crippen molar-refractivity contribution < 1.29 is 19.0 Å². The van der Waals surface area contributed by atoms with Gasteiger partial charge in [-0.25, -0.2) is 4.39 Å². The lowest BCUT2D eigenvalue weighted by Crippen LogP contribution is -2.39. The molecule has 1 heterocycles. The van der Waals surface area contributed by atoms with Crippen molar-refractivity contribution in [2.45, 2.75) is 18.9 Å². The van der Waals surface area contributed by atoms with Crippen molar-refractivity contribution in [1.82, 2.24) is 4.90 Å². The molecule has 0 bridgehead atoms. The molecule has 5 heteroatoms. The number of nitrogens with zero attached hydrogens (tertiary/aromatic N) is 1. The molecule has 1 fully saturated rings. The Bertz CT molecular complexity index is 421. The third-order valence-corrected chi connectivity index (χ3v) is 3.26. The molecule has 4 nitrogen and oxygen atoms in total. The highest BCUT2D eigenvalue weighted by Crippen LogP contribution is 2.22. The highest BCUT2D eigenvalue weighted by molar-refractivity contribution is 5.66. The number of carbonyl (C=O) groups is 1. The first-order valence-corrected chi connectivity index (χ1v) is 6.46. The number of hydrogen-bond acceptors (Lipinski definition) is 3. The van der Waals surface area contributed by atoms with E-state index in [2.05, 4.69) is 4.90 Å². The summed E-state index contributed by atoms with van der Waals surface area (Å²) in [4.78, 5) is 12.7. The molecule has 0 aromatic heterocycles. The zero-order valence-corrected chi connectivity index (χ0v) is 10.7. The molecule has 104 valence electrons. The van der Waals surface area contributed by atoms with E-state index < -0.39 is 5.97 Å². The van der Waals surface area contributed by atoms with Crippen molar-refractivity contribution >= 4 is 5.97 Å². The van der Waals surface area contributed by atoms with Crippen LogP contribution in [0.25, 0.3) is 0 Å². The van der Waals surface area contributed by atoms with Crippen LogP contribution in [-0.4, -0.2) is 42.2 Å². The van der Waals surface area contributed by atoms with Crippen LogP contribution in [0.4, 0.5) is 4.39 Å². The summed E-state index contributed by atoms with van der Waals surface area (Å²) in [5.41, 5.74) is 0.962. The Morgan fingerprint density at radius 3 is 2.84 bits per heavy atom. The fourth-order valence-corrected chi connectivity index (χ4v) is 2.24. The lowest BCUT2D eigenvalue weighted by molar-refractivity contribution is -0.137. The summed E-state index contributed by atoms with van der Waals surface area (Å²) in [5, 5.41) is 8.62. The van der Waals surface area contributed by atoms with Crippen LogP contribution in [-0.2, 0) is 9.53 Å². The largest absolute Gasteiger partial charge is 0.481 e. The van der Waals surface area contributed by atoms with Gasteiger partial charge in [-0.2, -0.15) is 0 Å². The third-order valence-electron chi connectivity index (χ3n) is 3.26. The van der Waals surface area contributed by atoms with Crippen molar-refractivity contribution in [2.24, 2.45) is 0 Å². The first-order chi connectivity index (χ1) is 9.15. The van der Waals surface area contributed by atoms with Gasteiger partial charge in [0.25, 0.3) is 0 Å². The summed E-state index contributed by atoms with van der Waals surface area (Å²) < 4.78 is 18.5. The molecule has 1 atom stereocenters. The number of carboxylic acids is 1. The maximum Gasteiger partial charge on any atom is 0.303 e. The maximum atomic E-state index is 12.9. The number of benzene rings is 1. The van der Waals surface area contributed by atoms with Crippen molar-refractivity contribution in [1.29, 1.82) is 0 Å². The topological polar surface area (TPSA) is 49.8 Å².